The highest BCUT2D eigenvalue weighted by atomic mass is 15.2. The fraction of sp³-hybridized carbons (Fsp3) is 0.556. The van der Waals surface area contributed by atoms with Crippen LogP contribution in [0.25, 0.3) is 0 Å². The van der Waals surface area contributed by atoms with Gasteiger partial charge >= 0.3 is 0 Å². The second-order valence-corrected chi connectivity index (χ2v) is 3.15. The molecular weight excluding hydrogens is 164 g/mol. The largest absolute Gasteiger partial charge is 0.298 e. The molecule has 1 atom stereocenters. The van der Waals surface area contributed by atoms with E-state index in [2.05, 4.69) is 16.5 Å². The van der Waals surface area contributed by atoms with Crippen molar-refractivity contribution in [3.63, 3.8) is 0 Å². The summed E-state index contributed by atoms with van der Waals surface area (Å²) >= 11 is 0. The Labute approximate surface area is 78.2 Å². The van der Waals surface area contributed by atoms with Gasteiger partial charge in [-0.25, -0.2) is 0 Å². The van der Waals surface area contributed by atoms with Crippen molar-refractivity contribution in [1.29, 1.82) is 5.26 Å². The number of aromatic nitrogens is 2. The monoisotopic (exact) mass is 178 g/mol. The molecule has 0 amide bonds. The molecule has 4 nitrogen and oxygen atoms in total. The number of nitrogens with one attached hydrogen (secondary N) is 1. The Morgan fingerprint density at radius 1 is 1.77 bits per heavy atom. The van der Waals surface area contributed by atoms with Crippen molar-refractivity contribution >= 4 is 0 Å². The topological polar surface area (TPSA) is 53.6 Å². The van der Waals surface area contributed by atoms with Crippen molar-refractivity contribution in [1.82, 2.24) is 15.1 Å². The average Bonchev–Trinajstić information content (AvgIpc) is 2.41. The Bertz CT molecular complexity index is 321. The summed E-state index contributed by atoms with van der Waals surface area (Å²) in [4.78, 5) is 0. The summed E-state index contributed by atoms with van der Waals surface area (Å²) in [6.45, 7) is 4.51. The van der Waals surface area contributed by atoms with Crippen molar-refractivity contribution in [3.8, 4) is 6.07 Å². The Kier molecular flexibility index (Phi) is 3.04. The summed E-state index contributed by atoms with van der Waals surface area (Å²) in [6, 6.07) is 2.01. The van der Waals surface area contributed by atoms with E-state index in [1.807, 2.05) is 27.1 Å². The smallest absolute Gasteiger partial charge is 0.0927 e. The molecule has 1 aromatic heterocycles. The fourth-order valence-electron chi connectivity index (χ4n) is 1.13. The van der Waals surface area contributed by atoms with Crippen LogP contribution < -0.4 is 5.32 Å². The van der Waals surface area contributed by atoms with Gasteiger partial charge in [0.05, 0.1) is 17.8 Å². The molecule has 70 valence electrons. The lowest BCUT2D eigenvalue weighted by molar-refractivity contribution is 0.640. The second kappa shape index (κ2) is 4.06. The van der Waals surface area contributed by atoms with Crippen molar-refractivity contribution in [2.75, 3.05) is 0 Å². The zero-order valence-corrected chi connectivity index (χ0v) is 8.20. The summed E-state index contributed by atoms with van der Waals surface area (Å²) in [6.07, 6.45) is 1.96. The standard InChI is InChI=1S/C9H14N4/c1-7(4-10)11-5-9-6-13(3)12-8(9)2/h6-7,11H,5H2,1-3H3. The summed E-state index contributed by atoms with van der Waals surface area (Å²) in [5.41, 5.74) is 2.16. The molecule has 0 aromatic carbocycles. The Morgan fingerprint density at radius 2 is 2.46 bits per heavy atom. The number of nitrogens with zero attached hydrogens (tertiary/aromatic N) is 3. The molecule has 0 saturated heterocycles. The molecule has 0 spiro atoms. The van der Waals surface area contributed by atoms with Crippen molar-refractivity contribution in [3.05, 3.63) is 17.5 Å². The summed E-state index contributed by atoms with van der Waals surface area (Å²) in [7, 11) is 1.89. The van der Waals surface area contributed by atoms with Gasteiger partial charge in [0.25, 0.3) is 0 Å². The highest BCUT2D eigenvalue weighted by Gasteiger charge is 2.04. The maximum absolute atomic E-state index is 8.55. The lowest BCUT2D eigenvalue weighted by atomic mass is 10.2. The van der Waals surface area contributed by atoms with Crippen LogP contribution >= 0.6 is 0 Å². The quantitative estimate of drug-likeness (QED) is 0.742. The van der Waals surface area contributed by atoms with E-state index in [4.69, 9.17) is 5.26 Å². The maximum Gasteiger partial charge on any atom is 0.0927 e. The summed E-state index contributed by atoms with van der Waals surface area (Å²) in [5.74, 6) is 0. The van der Waals surface area contributed by atoms with E-state index in [1.54, 1.807) is 4.68 Å². The van der Waals surface area contributed by atoms with Crippen LogP contribution in [0.4, 0.5) is 0 Å². The van der Waals surface area contributed by atoms with E-state index in [-0.39, 0.29) is 6.04 Å². The van der Waals surface area contributed by atoms with Crippen LogP contribution in [-0.2, 0) is 13.6 Å². The third kappa shape index (κ3) is 2.56. The fourth-order valence-corrected chi connectivity index (χ4v) is 1.13. The van der Waals surface area contributed by atoms with Gasteiger partial charge in [-0.2, -0.15) is 10.4 Å². The second-order valence-electron chi connectivity index (χ2n) is 3.15. The molecule has 0 bridgehead atoms. The van der Waals surface area contributed by atoms with Gasteiger partial charge in [0, 0.05) is 25.4 Å². The highest BCUT2D eigenvalue weighted by molar-refractivity contribution is 5.15. The van der Waals surface area contributed by atoms with Gasteiger partial charge < -0.3 is 0 Å². The predicted molar refractivity (Wildman–Crippen MR) is 49.9 cm³/mol. The van der Waals surface area contributed by atoms with E-state index in [0.29, 0.717) is 6.54 Å². The molecule has 1 heterocycles. The molecule has 13 heavy (non-hydrogen) atoms. The first-order valence-electron chi connectivity index (χ1n) is 4.25. The van der Waals surface area contributed by atoms with Gasteiger partial charge in [-0.3, -0.25) is 10.00 Å². The Hall–Kier alpha value is -1.34. The predicted octanol–water partition coefficient (Wildman–Crippen LogP) is 0.730. The van der Waals surface area contributed by atoms with Crippen LogP contribution in [0, 0.1) is 18.3 Å². The summed E-state index contributed by atoms with van der Waals surface area (Å²) < 4.78 is 1.78. The zero-order valence-electron chi connectivity index (χ0n) is 8.20. The molecule has 1 N–H and O–H groups in total. The summed E-state index contributed by atoms with van der Waals surface area (Å²) in [5, 5.41) is 15.9. The first-order valence-corrected chi connectivity index (χ1v) is 4.25. The molecule has 0 radical (unpaired) electrons. The van der Waals surface area contributed by atoms with Gasteiger partial charge in [-0.1, -0.05) is 0 Å². The zero-order chi connectivity index (χ0) is 9.84. The molecule has 1 aromatic rings. The number of rotatable bonds is 3. The lowest BCUT2D eigenvalue weighted by Gasteiger charge is -2.03. The lowest BCUT2D eigenvalue weighted by Crippen LogP contribution is -2.23. The normalized spacial score (nSPS) is 12.5. The number of hydrogen-bond acceptors (Lipinski definition) is 3. The van der Waals surface area contributed by atoms with Gasteiger partial charge in [-0.15, -0.1) is 0 Å². The first-order chi connectivity index (χ1) is 6.13. The third-order valence-electron chi connectivity index (χ3n) is 1.91. The molecule has 4 heteroatoms. The van der Waals surface area contributed by atoms with Crippen LogP contribution in [0.1, 0.15) is 18.2 Å². The van der Waals surface area contributed by atoms with E-state index in [1.165, 1.54) is 0 Å². The van der Waals surface area contributed by atoms with Gasteiger partial charge in [0.2, 0.25) is 0 Å². The number of aryl methyl sites for hydroxylation is 2. The van der Waals surface area contributed by atoms with Crippen LogP contribution in [0.3, 0.4) is 0 Å². The van der Waals surface area contributed by atoms with Crippen LogP contribution in [0.15, 0.2) is 6.20 Å². The van der Waals surface area contributed by atoms with Crippen LogP contribution in [0.2, 0.25) is 0 Å². The molecular formula is C9H14N4. The van der Waals surface area contributed by atoms with Crippen molar-refractivity contribution in [2.24, 2.45) is 7.05 Å². The van der Waals surface area contributed by atoms with E-state index >= 15 is 0 Å². The average molecular weight is 178 g/mol. The minimum absolute atomic E-state index is 0.111. The minimum atomic E-state index is -0.111. The Balaban J connectivity index is 2.55. The maximum atomic E-state index is 8.55. The van der Waals surface area contributed by atoms with E-state index in [9.17, 15) is 0 Å². The molecule has 1 unspecified atom stereocenters. The van der Waals surface area contributed by atoms with E-state index < -0.39 is 0 Å². The molecule has 0 aliphatic carbocycles. The van der Waals surface area contributed by atoms with Gasteiger partial charge in [0.1, 0.15) is 0 Å². The van der Waals surface area contributed by atoms with Crippen molar-refractivity contribution in [2.45, 2.75) is 26.4 Å². The third-order valence-corrected chi connectivity index (χ3v) is 1.91. The minimum Gasteiger partial charge on any atom is -0.298 e. The number of nitriles is 1. The van der Waals surface area contributed by atoms with Gasteiger partial charge in [-0.05, 0) is 13.8 Å². The SMILES string of the molecule is Cc1nn(C)cc1CNC(C)C#N. The van der Waals surface area contributed by atoms with E-state index in [0.717, 1.165) is 11.3 Å². The molecule has 0 aliphatic rings. The van der Waals surface area contributed by atoms with Crippen molar-refractivity contribution < 1.29 is 0 Å². The van der Waals surface area contributed by atoms with Crippen LogP contribution in [0.5, 0.6) is 0 Å². The first kappa shape index (κ1) is 9.75. The Morgan fingerprint density at radius 3 is 2.92 bits per heavy atom. The molecule has 0 fully saturated rings. The number of hydrogen-bond donors (Lipinski definition) is 1. The highest BCUT2D eigenvalue weighted by Crippen LogP contribution is 2.03. The van der Waals surface area contributed by atoms with Gasteiger partial charge in [0.15, 0.2) is 0 Å². The molecule has 0 aliphatic heterocycles. The molecule has 1 rings (SSSR count). The van der Waals surface area contributed by atoms with Crippen LogP contribution in [-0.4, -0.2) is 15.8 Å². The molecule has 0 saturated carbocycles.